The van der Waals surface area contributed by atoms with Crippen molar-refractivity contribution < 1.29 is 4.74 Å². The smallest absolute Gasteiger partial charge is 0.0996 e. The summed E-state index contributed by atoms with van der Waals surface area (Å²) in [5.41, 5.74) is 0. The molecule has 0 amide bonds. The minimum Gasteiger partial charge on any atom is -0.363 e. The Morgan fingerprint density at radius 3 is 2.78 bits per heavy atom. The summed E-state index contributed by atoms with van der Waals surface area (Å²) in [5.74, 6) is 2.60. The Bertz CT molecular complexity index is 280. The highest BCUT2D eigenvalue weighted by Crippen LogP contribution is 2.41. The zero-order valence-corrected chi connectivity index (χ0v) is 12.1. The molecule has 18 heavy (non-hydrogen) atoms. The molecule has 0 spiro atoms. The van der Waals surface area contributed by atoms with Crippen molar-refractivity contribution in [2.75, 3.05) is 13.3 Å². The lowest BCUT2D eigenvalue weighted by Crippen LogP contribution is -2.47. The van der Waals surface area contributed by atoms with Crippen molar-refractivity contribution in [1.29, 1.82) is 0 Å². The number of hydrogen-bond acceptors (Lipinski definition) is 2. The molecule has 2 nitrogen and oxygen atoms in total. The average Bonchev–Trinajstić information content (AvgIpc) is 2.57. The summed E-state index contributed by atoms with van der Waals surface area (Å²) in [6.45, 7) is 7.03. The molecule has 0 N–H and O–H groups in total. The summed E-state index contributed by atoms with van der Waals surface area (Å²) in [5, 5.41) is 0. The van der Waals surface area contributed by atoms with Gasteiger partial charge in [-0.3, -0.25) is 4.90 Å². The monoisotopic (exact) mass is 251 g/mol. The molecule has 3 aliphatic rings. The Morgan fingerprint density at radius 1 is 1.11 bits per heavy atom. The molecule has 3 rings (SSSR count). The Morgan fingerprint density at radius 2 is 1.94 bits per heavy atom. The van der Waals surface area contributed by atoms with Gasteiger partial charge < -0.3 is 4.74 Å². The lowest BCUT2D eigenvalue weighted by atomic mass is 9.73. The van der Waals surface area contributed by atoms with E-state index in [4.69, 9.17) is 4.74 Å². The van der Waals surface area contributed by atoms with E-state index < -0.39 is 0 Å². The third-order valence-electron chi connectivity index (χ3n) is 5.90. The van der Waals surface area contributed by atoms with E-state index >= 15 is 0 Å². The van der Waals surface area contributed by atoms with Crippen molar-refractivity contribution in [2.45, 2.75) is 70.9 Å². The van der Waals surface area contributed by atoms with Gasteiger partial charge >= 0.3 is 0 Å². The van der Waals surface area contributed by atoms with E-state index in [1.54, 1.807) is 0 Å². The fraction of sp³-hybridized carbons (Fsp3) is 1.00. The van der Waals surface area contributed by atoms with E-state index in [0.717, 1.165) is 30.5 Å². The molecule has 0 unspecified atom stereocenters. The molecule has 1 saturated carbocycles. The summed E-state index contributed by atoms with van der Waals surface area (Å²) in [4.78, 5) is 2.67. The van der Waals surface area contributed by atoms with Crippen molar-refractivity contribution >= 4 is 0 Å². The number of piperidine rings is 1. The van der Waals surface area contributed by atoms with Crippen molar-refractivity contribution in [3.8, 4) is 0 Å². The molecular weight excluding hydrogens is 222 g/mol. The van der Waals surface area contributed by atoms with E-state index in [-0.39, 0.29) is 0 Å². The highest BCUT2D eigenvalue weighted by atomic mass is 16.5. The predicted molar refractivity (Wildman–Crippen MR) is 74.4 cm³/mol. The molecule has 0 aromatic rings. The minimum absolute atomic E-state index is 0.569. The third-order valence-corrected chi connectivity index (χ3v) is 5.90. The number of rotatable bonds is 1. The van der Waals surface area contributed by atoms with E-state index in [1.807, 2.05) is 0 Å². The van der Waals surface area contributed by atoms with Crippen LogP contribution < -0.4 is 0 Å². The lowest BCUT2D eigenvalue weighted by molar-refractivity contribution is -0.0526. The molecule has 1 aliphatic carbocycles. The SMILES string of the molecule is CC[C@@H]1CC[C@@H]2[C@@H](C)[C@@H]3CCCC[C@H]3OCN2C1. The van der Waals surface area contributed by atoms with Gasteiger partial charge in [0.2, 0.25) is 0 Å². The Hall–Kier alpha value is -0.0800. The summed E-state index contributed by atoms with van der Waals surface area (Å²) < 4.78 is 6.27. The van der Waals surface area contributed by atoms with Crippen LogP contribution in [0.5, 0.6) is 0 Å². The molecule has 2 saturated heterocycles. The van der Waals surface area contributed by atoms with Crippen LogP contribution in [0.3, 0.4) is 0 Å². The van der Waals surface area contributed by atoms with Crippen LogP contribution >= 0.6 is 0 Å². The summed E-state index contributed by atoms with van der Waals surface area (Å²) >= 11 is 0. The minimum atomic E-state index is 0.569. The van der Waals surface area contributed by atoms with Crippen LogP contribution in [0.25, 0.3) is 0 Å². The number of fused-ring (bicyclic) bond motifs is 2. The number of hydrogen-bond donors (Lipinski definition) is 0. The molecule has 0 radical (unpaired) electrons. The van der Waals surface area contributed by atoms with Gasteiger partial charge in [0.15, 0.2) is 0 Å². The van der Waals surface area contributed by atoms with Gasteiger partial charge in [0, 0.05) is 12.6 Å². The zero-order valence-electron chi connectivity index (χ0n) is 12.1. The Kier molecular flexibility index (Phi) is 3.95. The van der Waals surface area contributed by atoms with Crippen LogP contribution in [-0.4, -0.2) is 30.3 Å². The Labute approximate surface area is 112 Å². The largest absolute Gasteiger partial charge is 0.363 e. The van der Waals surface area contributed by atoms with Crippen molar-refractivity contribution in [3.05, 3.63) is 0 Å². The van der Waals surface area contributed by atoms with Gasteiger partial charge in [-0.05, 0) is 43.4 Å². The van der Waals surface area contributed by atoms with Crippen molar-refractivity contribution in [2.24, 2.45) is 17.8 Å². The summed E-state index contributed by atoms with van der Waals surface area (Å²) in [6, 6.07) is 0.806. The molecule has 3 fully saturated rings. The molecule has 2 heteroatoms. The van der Waals surface area contributed by atoms with Crippen molar-refractivity contribution in [1.82, 2.24) is 4.90 Å². The maximum atomic E-state index is 6.27. The van der Waals surface area contributed by atoms with Crippen LogP contribution in [0.2, 0.25) is 0 Å². The molecule has 104 valence electrons. The third kappa shape index (κ3) is 2.34. The first-order chi connectivity index (χ1) is 8.79. The van der Waals surface area contributed by atoms with Gasteiger partial charge in [-0.2, -0.15) is 0 Å². The second kappa shape index (κ2) is 5.50. The van der Waals surface area contributed by atoms with Crippen LogP contribution in [0, 0.1) is 17.8 Å². The molecule has 2 heterocycles. The molecule has 0 aromatic heterocycles. The molecule has 2 aliphatic heterocycles. The first-order valence-electron chi connectivity index (χ1n) is 8.15. The number of nitrogens with zero attached hydrogens (tertiary/aromatic N) is 1. The van der Waals surface area contributed by atoms with Gasteiger partial charge in [0.05, 0.1) is 12.8 Å². The fourth-order valence-corrected chi connectivity index (χ4v) is 4.64. The standard InChI is InChI=1S/C16H29NO/c1-3-13-8-9-15-12(2)14-6-4-5-7-16(14)18-11-17(15)10-13/h12-16H,3-11H2,1-2H3/t12-,13+,14-,15+,16+/m0/s1. The van der Waals surface area contributed by atoms with Gasteiger partial charge in [0.25, 0.3) is 0 Å². The van der Waals surface area contributed by atoms with Crippen LogP contribution in [-0.2, 0) is 4.74 Å². The predicted octanol–water partition coefficient (Wildman–Crippen LogP) is 3.66. The maximum absolute atomic E-state index is 6.27. The highest BCUT2D eigenvalue weighted by molar-refractivity contribution is 4.92. The van der Waals surface area contributed by atoms with Crippen LogP contribution in [0.1, 0.15) is 58.8 Å². The van der Waals surface area contributed by atoms with Gasteiger partial charge in [-0.1, -0.05) is 33.1 Å². The van der Waals surface area contributed by atoms with Gasteiger partial charge in [0.1, 0.15) is 0 Å². The van der Waals surface area contributed by atoms with Crippen LogP contribution in [0.4, 0.5) is 0 Å². The highest BCUT2D eigenvalue weighted by Gasteiger charge is 2.41. The van der Waals surface area contributed by atoms with Gasteiger partial charge in [-0.25, -0.2) is 0 Å². The second-order valence-corrected chi connectivity index (χ2v) is 6.83. The molecule has 0 aromatic carbocycles. The van der Waals surface area contributed by atoms with Crippen LogP contribution in [0.15, 0.2) is 0 Å². The zero-order chi connectivity index (χ0) is 12.5. The van der Waals surface area contributed by atoms with E-state index in [1.165, 1.54) is 51.5 Å². The molecule has 0 bridgehead atoms. The Balaban J connectivity index is 1.73. The van der Waals surface area contributed by atoms with E-state index in [9.17, 15) is 0 Å². The maximum Gasteiger partial charge on any atom is 0.0996 e. The normalized spacial score (nSPS) is 46.0. The molecule has 5 atom stereocenters. The summed E-state index contributed by atoms with van der Waals surface area (Å²) in [7, 11) is 0. The first kappa shape index (κ1) is 12.9. The first-order valence-corrected chi connectivity index (χ1v) is 8.15. The topological polar surface area (TPSA) is 12.5 Å². The summed E-state index contributed by atoms with van der Waals surface area (Å²) in [6.07, 6.45) is 10.3. The van der Waals surface area contributed by atoms with Gasteiger partial charge in [-0.15, -0.1) is 0 Å². The fourth-order valence-electron chi connectivity index (χ4n) is 4.64. The quantitative estimate of drug-likeness (QED) is 0.705. The number of ether oxygens (including phenoxy) is 1. The van der Waals surface area contributed by atoms with E-state index in [2.05, 4.69) is 18.7 Å². The lowest BCUT2D eigenvalue weighted by Gasteiger charge is -2.42. The van der Waals surface area contributed by atoms with Crippen molar-refractivity contribution in [3.63, 3.8) is 0 Å². The van der Waals surface area contributed by atoms with E-state index in [0.29, 0.717) is 6.10 Å². The second-order valence-electron chi connectivity index (χ2n) is 6.83. The molecular formula is C16H29NO. The average molecular weight is 251 g/mol.